The Labute approximate surface area is 88.9 Å². The van der Waals surface area contributed by atoms with Crippen molar-refractivity contribution in [3.8, 4) is 0 Å². The smallest absolute Gasteiger partial charge is 0.307 e. The van der Waals surface area contributed by atoms with Crippen molar-refractivity contribution in [3.05, 3.63) is 0 Å². The number of hydrogen-bond acceptors (Lipinski definition) is 2. The van der Waals surface area contributed by atoms with E-state index in [2.05, 4.69) is 9.57 Å². The largest absolute Gasteiger partial charge is 1.00 e. The van der Waals surface area contributed by atoms with Gasteiger partial charge in [-0.3, -0.25) is 4.58 Å². The molecule has 0 amide bonds. The van der Waals surface area contributed by atoms with Gasteiger partial charge >= 0.3 is 5.84 Å². The van der Waals surface area contributed by atoms with Crippen LogP contribution in [0.5, 0.6) is 0 Å². The van der Waals surface area contributed by atoms with Crippen LogP contribution in [0, 0.1) is 0 Å². The van der Waals surface area contributed by atoms with E-state index in [1.54, 1.807) is 11.8 Å². The summed E-state index contributed by atoms with van der Waals surface area (Å²) in [6.07, 6.45) is 3.99. The van der Waals surface area contributed by atoms with E-state index in [0.717, 1.165) is 10.9 Å². The molecule has 2 N–H and O–H groups in total. The number of halogens is 1. The van der Waals surface area contributed by atoms with Gasteiger partial charge in [-0.25, -0.2) is 0 Å². The summed E-state index contributed by atoms with van der Waals surface area (Å²) < 4.78 is 2.37. The minimum absolute atomic E-state index is 0. The topological polar surface area (TPSA) is 41.4 Å². The molecule has 2 aliphatic rings. The number of piperidine rings is 1. The average molecular weight is 220 g/mol. The van der Waals surface area contributed by atoms with E-state index in [4.69, 9.17) is 5.73 Å². The van der Waals surface area contributed by atoms with Gasteiger partial charge < -0.3 is 18.1 Å². The molecule has 74 valence electrons. The van der Waals surface area contributed by atoms with Crippen LogP contribution in [0.4, 0.5) is 0 Å². The number of aliphatic imine (C=N–C) groups is 1. The Bertz CT molecular complexity index is 242. The van der Waals surface area contributed by atoms with E-state index in [0.29, 0.717) is 0 Å². The van der Waals surface area contributed by atoms with Crippen LogP contribution in [-0.2, 0) is 0 Å². The van der Waals surface area contributed by atoms with Crippen LogP contribution in [0.1, 0.15) is 19.3 Å². The molecule has 0 aromatic carbocycles. The van der Waals surface area contributed by atoms with Crippen LogP contribution in [0.3, 0.4) is 0 Å². The van der Waals surface area contributed by atoms with Gasteiger partial charge in [-0.1, -0.05) is 0 Å². The van der Waals surface area contributed by atoms with E-state index in [-0.39, 0.29) is 12.4 Å². The van der Waals surface area contributed by atoms with Crippen molar-refractivity contribution in [3.63, 3.8) is 0 Å². The zero-order chi connectivity index (χ0) is 8.39. The maximum Gasteiger partial charge on any atom is 0.307 e. The molecule has 13 heavy (non-hydrogen) atoms. The second-order valence-corrected chi connectivity index (χ2v) is 4.20. The van der Waals surface area contributed by atoms with E-state index >= 15 is 0 Å². The van der Waals surface area contributed by atoms with Gasteiger partial charge in [0.15, 0.2) is 0 Å². The van der Waals surface area contributed by atoms with E-state index < -0.39 is 0 Å². The summed E-state index contributed by atoms with van der Waals surface area (Å²) in [5, 5.41) is 0.732. The third-order valence-corrected chi connectivity index (χ3v) is 3.10. The number of thioether (sulfide) groups is 1. The van der Waals surface area contributed by atoms with Crippen LogP contribution in [-0.4, -0.2) is 34.4 Å². The minimum Gasteiger partial charge on any atom is -1.00 e. The van der Waals surface area contributed by atoms with Crippen molar-refractivity contribution in [2.24, 2.45) is 10.7 Å². The van der Waals surface area contributed by atoms with E-state index in [9.17, 15) is 0 Å². The van der Waals surface area contributed by atoms with Crippen molar-refractivity contribution in [1.82, 2.24) is 0 Å². The van der Waals surface area contributed by atoms with Gasteiger partial charge in [-0.2, -0.15) is 0 Å². The van der Waals surface area contributed by atoms with Crippen LogP contribution in [0.15, 0.2) is 4.99 Å². The number of nitrogens with zero attached hydrogens (tertiary/aromatic N) is 2. The lowest BCUT2D eigenvalue weighted by Gasteiger charge is -2.12. The normalized spacial score (nSPS) is 22.6. The van der Waals surface area contributed by atoms with Gasteiger partial charge in [-0.05, 0) is 36.0 Å². The highest BCUT2D eigenvalue weighted by Gasteiger charge is 2.24. The first-order valence-electron chi connectivity index (χ1n) is 4.44. The molecule has 0 aromatic rings. The van der Waals surface area contributed by atoms with Crippen molar-refractivity contribution in [2.45, 2.75) is 19.3 Å². The summed E-state index contributed by atoms with van der Waals surface area (Å²) in [6, 6.07) is 0. The molecule has 0 atom stereocenters. The molecule has 1 saturated heterocycles. The Morgan fingerprint density at radius 3 is 2.46 bits per heavy atom. The zero-order valence-corrected chi connectivity index (χ0v) is 9.07. The lowest BCUT2D eigenvalue weighted by atomic mass is 10.2. The van der Waals surface area contributed by atoms with Crippen LogP contribution in [0.2, 0.25) is 0 Å². The molecule has 0 saturated carbocycles. The van der Waals surface area contributed by atoms with Gasteiger partial charge in [0.2, 0.25) is 0 Å². The summed E-state index contributed by atoms with van der Waals surface area (Å²) in [6.45, 7) is 2.35. The zero-order valence-electron chi connectivity index (χ0n) is 7.50. The Balaban J connectivity index is 0.000000845. The fraction of sp³-hybridized carbons (Fsp3) is 0.750. The van der Waals surface area contributed by atoms with Gasteiger partial charge in [0, 0.05) is 0 Å². The van der Waals surface area contributed by atoms with Gasteiger partial charge in [0.1, 0.15) is 5.75 Å². The predicted octanol–water partition coefficient (Wildman–Crippen LogP) is -2.35. The third kappa shape index (κ3) is 2.61. The molecule has 2 rings (SSSR count). The predicted molar refractivity (Wildman–Crippen MR) is 52.9 cm³/mol. The fourth-order valence-corrected chi connectivity index (χ4v) is 2.34. The highest BCUT2D eigenvalue weighted by molar-refractivity contribution is 8.14. The summed E-state index contributed by atoms with van der Waals surface area (Å²) in [5.41, 5.74) is 5.60. The molecule has 1 fully saturated rings. The van der Waals surface area contributed by atoms with Crippen LogP contribution in [0.25, 0.3) is 0 Å². The second-order valence-electron chi connectivity index (χ2n) is 3.20. The molecular formula is C8H14ClN3S. The fourth-order valence-electron chi connectivity index (χ4n) is 1.64. The molecule has 5 heteroatoms. The van der Waals surface area contributed by atoms with Crippen LogP contribution >= 0.6 is 11.8 Å². The van der Waals surface area contributed by atoms with Crippen molar-refractivity contribution in [2.75, 3.05) is 18.8 Å². The Hall–Kier alpha value is -0.220. The van der Waals surface area contributed by atoms with Crippen molar-refractivity contribution < 1.29 is 17.0 Å². The van der Waals surface area contributed by atoms with Crippen molar-refractivity contribution >= 4 is 22.8 Å². The van der Waals surface area contributed by atoms with Gasteiger partial charge in [0.25, 0.3) is 5.17 Å². The first-order chi connectivity index (χ1) is 5.86. The average Bonchev–Trinajstić information content (AvgIpc) is 2.54. The quantitative estimate of drug-likeness (QED) is 0.464. The Kier molecular flexibility index (Phi) is 4.06. The summed E-state index contributed by atoms with van der Waals surface area (Å²) in [7, 11) is 0. The summed E-state index contributed by atoms with van der Waals surface area (Å²) in [4.78, 5) is 4.31. The Morgan fingerprint density at radius 1 is 1.23 bits per heavy atom. The van der Waals surface area contributed by atoms with E-state index in [1.165, 1.54) is 38.2 Å². The molecule has 0 aromatic heterocycles. The maximum absolute atomic E-state index is 5.60. The highest BCUT2D eigenvalue weighted by Crippen LogP contribution is 2.13. The number of nitrogens with two attached hydrogens (primary N) is 1. The highest BCUT2D eigenvalue weighted by atomic mass is 35.5. The molecule has 0 unspecified atom stereocenters. The first-order valence-corrected chi connectivity index (χ1v) is 5.42. The molecule has 2 heterocycles. The second kappa shape index (κ2) is 4.86. The molecule has 3 nitrogen and oxygen atoms in total. The SMILES string of the molecule is NC1=NC(=[N+]2CCCCC2)CS1.[Cl-]. The molecule has 0 aliphatic carbocycles. The lowest BCUT2D eigenvalue weighted by Crippen LogP contribution is -3.00. The minimum atomic E-state index is 0. The lowest BCUT2D eigenvalue weighted by molar-refractivity contribution is -0.538. The molecular weight excluding hydrogens is 206 g/mol. The molecule has 0 spiro atoms. The summed E-state index contributed by atoms with van der Waals surface area (Å²) in [5.74, 6) is 2.17. The standard InChI is InChI=1S/C8H13N3S.ClH/c9-8-10-7(6-12-8)11-4-2-1-3-5-11;/h9H,1-6H2;1H. The van der Waals surface area contributed by atoms with Gasteiger partial charge in [0.05, 0.1) is 13.1 Å². The molecule has 0 radical (unpaired) electrons. The first kappa shape index (κ1) is 10.9. The number of hydrogen-bond donors (Lipinski definition) is 1. The number of rotatable bonds is 0. The van der Waals surface area contributed by atoms with Crippen molar-refractivity contribution in [1.29, 1.82) is 0 Å². The monoisotopic (exact) mass is 219 g/mol. The van der Waals surface area contributed by atoms with E-state index in [1.807, 2.05) is 0 Å². The number of amidine groups is 2. The summed E-state index contributed by atoms with van der Waals surface area (Å²) >= 11 is 1.65. The molecule has 2 aliphatic heterocycles. The Morgan fingerprint density at radius 2 is 1.92 bits per heavy atom. The third-order valence-electron chi connectivity index (χ3n) is 2.31. The van der Waals surface area contributed by atoms with Gasteiger partial charge in [-0.15, -0.1) is 0 Å². The van der Waals surface area contributed by atoms with Crippen LogP contribution < -0.4 is 18.1 Å². The molecule has 0 bridgehead atoms. The maximum atomic E-state index is 5.60.